The van der Waals surface area contributed by atoms with E-state index in [0.29, 0.717) is 25.8 Å². The van der Waals surface area contributed by atoms with Gasteiger partial charge in [-0.15, -0.1) is 0 Å². The topological polar surface area (TPSA) is 83.1 Å². The highest BCUT2D eigenvalue weighted by Gasteiger charge is 2.48. The lowest BCUT2D eigenvalue weighted by Gasteiger charge is -2.37. The number of anilines is 1. The molecule has 3 aliphatic rings. The number of pyridine rings is 1. The fourth-order valence-corrected chi connectivity index (χ4v) is 6.20. The molecule has 1 aromatic heterocycles. The van der Waals surface area contributed by atoms with Gasteiger partial charge in [0.1, 0.15) is 11.9 Å². The Kier molecular flexibility index (Phi) is 12.0. The van der Waals surface area contributed by atoms with Crippen LogP contribution in [0.5, 0.6) is 0 Å². The normalized spacial score (nSPS) is 22.0. The van der Waals surface area contributed by atoms with Crippen molar-refractivity contribution in [3.8, 4) is 0 Å². The molecule has 0 saturated carbocycles. The summed E-state index contributed by atoms with van der Waals surface area (Å²) in [5.74, 6) is -0.0112. The van der Waals surface area contributed by atoms with Gasteiger partial charge in [-0.2, -0.15) is 0 Å². The van der Waals surface area contributed by atoms with Crippen LogP contribution < -0.4 is 4.90 Å². The quantitative estimate of drug-likeness (QED) is 0.124. The van der Waals surface area contributed by atoms with Gasteiger partial charge in [-0.3, -0.25) is 24.2 Å². The van der Waals surface area contributed by atoms with Crippen LogP contribution in [-0.4, -0.2) is 77.9 Å². The molecule has 8 nitrogen and oxygen atoms in total. The number of imide groups is 1. The summed E-state index contributed by atoms with van der Waals surface area (Å²) in [6.07, 6.45) is 17.6. The molecule has 8 heteroatoms. The molecule has 0 bridgehead atoms. The summed E-state index contributed by atoms with van der Waals surface area (Å²) < 4.78 is 5.98. The summed E-state index contributed by atoms with van der Waals surface area (Å²) in [6.45, 7) is 6.16. The first-order valence-electron chi connectivity index (χ1n) is 15.6. The van der Waals surface area contributed by atoms with Crippen molar-refractivity contribution in [1.29, 1.82) is 0 Å². The summed E-state index contributed by atoms with van der Waals surface area (Å²) >= 11 is 0. The Balaban J connectivity index is 1.27. The largest absolute Gasteiger partial charge is 0.459 e. The molecular weight excluding hydrogens is 504 g/mol. The van der Waals surface area contributed by atoms with Gasteiger partial charge in [0.15, 0.2) is 0 Å². The van der Waals surface area contributed by atoms with Crippen molar-refractivity contribution in [3.63, 3.8) is 0 Å². The van der Waals surface area contributed by atoms with Gasteiger partial charge < -0.3 is 9.64 Å². The van der Waals surface area contributed by atoms with E-state index in [1.165, 1.54) is 43.4 Å². The predicted octanol–water partition coefficient (Wildman–Crippen LogP) is 4.99. The van der Waals surface area contributed by atoms with Gasteiger partial charge in [0, 0.05) is 45.3 Å². The number of allylic oxidation sites excluding steroid dienone is 2. The lowest BCUT2D eigenvalue weighted by molar-refractivity contribution is -0.155. The van der Waals surface area contributed by atoms with E-state index in [2.05, 4.69) is 21.7 Å². The average molecular weight is 553 g/mol. The number of piperazine rings is 1. The molecule has 2 amide bonds. The first kappa shape index (κ1) is 30.2. The second kappa shape index (κ2) is 15.9. The number of rotatable bonds is 16. The van der Waals surface area contributed by atoms with Crippen LogP contribution in [0.4, 0.5) is 5.82 Å². The Labute approximate surface area is 240 Å². The fraction of sp³-hybridized carbons (Fsp3) is 0.688. The van der Waals surface area contributed by atoms with E-state index in [4.69, 9.17) is 4.74 Å². The van der Waals surface area contributed by atoms with Gasteiger partial charge in [0.05, 0.1) is 18.4 Å². The van der Waals surface area contributed by atoms with E-state index in [0.717, 1.165) is 51.3 Å². The third-order valence-corrected chi connectivity index (χ3v) is 8.58. The van der Waals surface area contributed by atoms with Crippen LogP contribution in [0.25, 0.3) is 0 Å². The van der Waals surface area contributed by atoms with E-state index < -0.39 is 6.10 Å². The molecule has 220 valence electrons. The molecule has 4 rings (SSSR count). The summed E-state index contributed by atoms with van der Waals surface area (Å²) in [4.78, 5) is 49.5. The van der Waals surface area contributed by atoms with E-state index in [1.807, 2.05) is 36.5 Å². The third-order valence-electron chi connectivity index (χ3n) is 8.58. The second-order valence-electron chi connectivity index (χ2n) is 11.6. The summed E-state index contributed by atoms with van der Waals surface area (Å²) in [5.41, 5.74) is 0. The Bertz CT molecular complexity index is 950. The number of esters is 1. The summed E-state index contributed by atoms with van der Waals surface area (Å²) in [7, 11) is 0. The highest BCUT2D eigenvalue weighted by molar-refractivity contribution is 6.05. The van der Waals surface area contributed by atoms with Crippen molar-refractivity contribution < 1.29 is 19.1 Å². The Morgan fingerprint density at radius 3 is 2.10 bits per heavy atom. The molecule has 1 aliphatic carbocycles. The van der Waals surface area contributed by atoms with Crippen molar-refractivity contribution in [3.05, 3.63) is 36.5 Å². The number of ether oxygens (including phenoxy) is 1. The molecule has 0 N–H and O–H groups in total. The maximum Gasteiger partial charge on any atom is 0.306 e. The number of amides is 2. The van der Waals surface area contributed by atoms with Crippen LogP contribution in [0.1, 0.15) is 84.0 Å². The van der Waals surface area contributed by atoms with Gasteiger partial charge in [-0.25, -0.2) is 4.98 Å². The molecule has 3 heterocycles. The molecule has 0 radical (unpaired) electrons. The molecule has 2 aliphatic heterocycles. The zero-order valence-corrected chi connectivity index (χ0v) is 24.3. The van der Waals surface area contributed by atoms with Gasteiger partial charge in [-0.05, 0) is 31.4 Å². The minimum absolute atomic E-state index is 0.112. The molecule has 2 saturated heterocycles. The third kappa shape index (κ3) is 8.63. The summed E-state index contributed by atoms with van der Waals surface area (Å²) in [6, 6.07) is 5.93. The monoisotopic (exact) mass is 552 g/mol. The van der Waals surface area contributed by atoms with E-state index in [1.54, 1.807) is 0 Å². The van der Waals surface area contributed by atoms with Crippen molar-refractivity contribution in [2.75, 3.05) is 44.2 Å². The molecule has 2 fully saturated rings. The predicted molar refractivity (Wildman–Crippen MR) is 157 cm³/mol. The van der Waals surface area contributed by atoms with Gasteiger partial charge in [0.2, 0.25) is 11.8 Å². The minimum Gasteiger partial charge on any atom is -0.459 e. The van der Waals surface area contributed by atoms with Crippen molar-refractivity contribution in [2.45, 2.75) is 90.1 Å². The van der Waals surface area contributed by atoms with Crippen LogP contribution in [0.2, 0.25) is 0 Å². The van der Waals surface area contributed by atoms with Crippen LogP contribution in [-0.2, 0) is 19.1 Å². The molecular formula is C32H48N4O4. The molecule has 40 heavy (non-hydrogen) atoms. The van der Waals surface area contributed by atoms with Crippen molar-refractivity contribution in [1.82, 2.24) is 14.8 Å². The first-order valence-corrected chi connectivity index (χ1v) is 15.6. The Morgan fingerprint density at radius 2 is 1.50 bits per heavy atom. The maximum absolute atomic E-state index is 13.1. The highest BCUT2D eigenvalue weighted by atomic mass is 16.5. The number of aromatic nitrogens is 1. The zero-order valence-electron chi connectivity index (χ0n) is 24.3. The van der Waals surface area contributed by atoms with E-state index >= 15 is 0 Å². The molecule has 1 unspecified atom stereocenters. The lowest BCUT2D eigenvalue weighted by Crippen LogP contribution is -2.51. The minimum atomic E-state index is -0.520. The number of hydrogen-bond acceptors (Lipinski definition) is 7. The number of carbonyl (C=O) groups is 3. The number of nitrogens with zero attached hydrogens (tertiary/aromatic N) is 4. The van der Waals surface area contributed by atoms with Crippen molar-refractivity contribution in [2.24, 2.45) is 11.8 Å². The highest BCUT2D eigenvalue weighted by Crippen LogP contribution is 2.35. The molecule has 0 aromatic carbocycles. The van der Waals surface area contributed by atoms with Gasteiger partial charge in [-0.1, -0.05) is 76.5 Å². The van der Waals surface area contributed by atoms with Gasteiger partial charge in [0.25, 0.3) is 0 Å². The first-order chi connectivity index (χ1) is 19.6. The van der Waals surface area contributed by atoms with E-state index in [9.17, 15) is 14.4 Å². The Hall–Kier alpha value is -2.74. The van der Waals surface area contributed by atoms with Crippen LogP contribution in [0.15, 0.2) is 36.5 Å². The van der Waals surface area contributed by atoms with Crippen molar-refractivity contribution >= 4 is 23.6 Å². The maximum atomic E-state index is 13.1. The lowest BCUT2D eigenvalue weighted by atomic mass is 9.85. The number of fused-ring (bicyclic) bond motifs is 1. The SMILES string of the molecule is CCCCCCCCCCCC(=O)OC(CN1CCN(c2ccccn2)CC1)CN1C(=O)[C@H]2CC=CC[C@H]2C1=O. The number of carbonyl (C=O) groups excluding carboxylic acids is 3. The summed E-state index contributed by atoms with van der Waals surface area (Å²) in [5, 5.41) is 0. The standard InChI is InChI=1S/C32H48N4O4/c1-2-3-4-5-6-7-8-9-10-18-30(37)40-26(25-36-31(38)27-15-11-12-16-28(27)32(36)39)24-34-20-22-35(23-21-34)29-17-13-14-19-33-29/h11-14,17,19,26-28H,2-10,15-16,18,20-25H2,1H3/t26?,27-,28+. The molecule has 3 atom stereocenters. The average Bonchev–Trinajstić information content (AvgIpc) is 3.22. The van der Waals surface area contributed by atoms with Crippen LogP contribution in [0.3, 0.4) is 0 Å². The number of likely N-dealkylation sites (tertiary alicyclic amines) is 1. The number of unbranched alkanes of at least 4 members (excludes halogenated alkanes) is 8. The second-order valence-corrected chi connectivity index (χ2v) is 11.6. The number of hydrogen-bond donors (Lipinski definition) is 0. The van der Waals surface area contributed by atoms with Crippen LogP contribution in [0, 0.1) is 11.8 Å². The fourth-order valence-electron chi connectivity index (χ4n) is 6.20. The molecule has 0 spiro atoms. The molecule has 1 aromatic rings. The smallest absolute Gasteiger partial charge is 0.306 e. The Morgan fingerprint density at radius 1 is 0.875 bits per heavy atom. The van der Waals surface area contributed by atoms with E-state index in [-0.39, 0.29) is 36.2 Å². The zero-order chi connectivity index (χ0) is 28.2. The van der Waals surface area contributed by atoms with Gasteiger partial charge >= 0.3 is 5.97 Å². The van der Waals surface area contributed by atoms with Crippen LogP contribution >= 0.6 is 0 Å².